The van der Waals surface area contributed by atoms with Gasteiger partial charge in [-0.15, -0.1) is 0 Å². The second-order valence-corrected chi connectivity index (χ2v) is 70.8. The van der Waals surface area contributed by atoms with Crippen molar-refractivity contribution in [3.63, 3.8) is 0 Å². The van der Waals surface area contributed by atoms with Crippen molar-refractivity contribution in [2.75, 3.05) is 0 Å². The quantitative estimate of drug-likeness (QED) is 0.0578. The van der Waals surface area contributed by atoms with Gasteiger partial charge in [-0.05, 0) is 320 Å². The topological polar surface area (TPSA) is 55.4 Å². The van der Waals surface area contributed by atoms with Gasteiger partial charge >= 0.3 is 113 Å². The second kappa shape index (κ2) is 62.7. The maximum absolute atomic E-state index is 6.85. The Morgan fingerprint density at radius 3 is 0.991 bits per heavy atom. The average molecular weight is 1620 g/mol. The van der Waals surface area contributed by atoms with E-state index in [4.69, 9.17) is 26.6 Å². The molecule has 0 aromatic rings. The van der Waals surface area contributed by atoms with Crippen molar-refractivity contribution in [1.82, 2.24) is 0 Å². The summed E-state index contributed by atoms with van der Waals surface area (Å²) >= 11 is 0. The summed E-state index contributed by atoms with van der Waals surface area (Å²) in [6.07, 6.45) is 43.3. The van der Waals surface area contributed by atoms with Crippen LogP contribution in [0, 0.1) is 118 Å². The Hall–Kier alpha value is 4.65. The third-order valence-corrected chi connectivity index (χ3v) is 30.9. The van der Waals surface area contributed by atoms with Gasteiger partial charge < -0.3 is 26.6 Å². The van der Waals surface area contributed by atoms with E-state index in [0.29, 0.717) is 60.3 Å². The third kappa shape index (κ3) is 52.4. The summed E-state index contributed by atoms with van der Waals surface area (Å²) in [5.41, 5.74) is 0. The molecule has 6 nitrogen and oxygen atoms in total. The van der Waals surface area contributed by atoms with Crippen molar-refractivity contribution in [1.29, 1.82) is 0 Å². The molecular weight excluding hydrogens is 1420 g/mol. The molecule has 0 bridgehead atoms. The molecule has 6 aliphatic carbocycles. The summed E-state index contributed by atoms with van der Waals surface area (Å²) in [4.78, 5) is 0. The molecule has 0 amide bonds. The monoisotopic (exact) mass is 1620 g/mol. The predicted octanol–water partition coefficient (Wildman–Crippen LogP) is 13.4. The molecule has 0 aromatic carbocycles. The van der Waals surface area contributed by atoms with Crippen molar-refractivity contribution in [2.45, 2.75) is 479 Å². The average Bonchev–Trinajstić information content (AvgIpc) is 1.60. The maximum atomic E-state index is 6.85. The van der Waals surface area contributed by atoms with Crippen molar-refractivity contribution in [3.8, 4) is 0 Å². The van der Waals surface area contributed by atoms with Crippen LogP contribution >= 0.6 is 0 Å². The van der Waals surface area contributed by atoms with Gasteiger partial charge in [0.25, 0.3) is 0 Å². The SMILES string of the molecule is CC(C)C1C(O[Si](C)(C)C)C(C(C)C)C(C(C)C)C1C(C)C.CC(C)C1CC(C(C)C)C(C(C)C)C1O[Si](C)(C)C.CCCCC1CC(CCCC)C(O[Si](C)(C)C)C1.CCCCC1CCC(O[Si](C)(C)C)C1.CCCCC1CCC(O[Si](C)(C)C)C1CCCC.CCCCC1CCCC1O[Si](C)(C)C.[Li+].[Li+].[Li+].[Li+].[Li+].[Li+]. The Morgan fingerprint density at radius 1 is 0.252 bits per heavy atom. The molecule has 0 aliphatic heterocycles. The fourth-order valence-electron chi connectivity index (χ4n) is 20.6. The van der Waals surface area contributed by atoms with Gasteiger partial charge in [0.2, 0.25) is 0 Å². The largest absolute Gasteiger partial charge is 1.00 e. The van der Waals surface area contributed by atoms with Crippen molar-refractivity contribution < 1.29 is 140 Å². The number of rotatable bonds is 37. The zero-order valence-electron chi connectivity index (χ0n) is 85.0. The van der Waals surface area contributed by atoms with Crippen LogP contribution in [0.25, 0.3) is 0 Å². The Morgan fingerprint density at radius 2 is 0.604 bits per heavy atom. The number of hydrogen-bond donors (Lipinski definition) is 0. The Bertz CT molecular complexity index is 2140. The normalized spacial score (nSPS) is 28.8. The van der Waals surface area contributed by atoms with Crippen molar-refractivity contribution >= 4 is 49.9 Å². The summed E-state index contributed by atoms with van der Waals surface area (Å²) in [6, 6.07) is 0. The van der Waals surface area contributed by atoms with E-state index < -0.39 is 49.9 Å². The van der Waals surface area contributed by atoms with E-state index in [1.807, 2.05) is 0 Å². The van der Waals surface area contributed by atoms with E-state index in [0.717, 1.165) is 94.7 Å². The van der Waals surface area contributed by atoms with Crippen molar-refractivity contribution in [3.05, 3.63) is 0 Å². The van der Waals surface area contributed by atoms with Gasteiger partial charge in [-0.2, -0.15) is 0 Å². The van der Waals surface area contributed by atoms with E-state index in [1.54, 1.807) is 0 Å². The summed E-state index contributed by atoms with van der Waals surface area (Å²) in [5, 5.41) is 0. The zero-order valence-corrected chi connectivity index (χ0v) is 91.0. The maximum Gasteiger partial charge on any atom is 1.00 e. The number of unbranched alkanes of at least 4 members (excludes halogenated alkanes) is 6. The molecular formula is C93H198Li6O6Si6+6. The molecule has 6 fully saturated rings. The molecule has 0 spiro atoms. The van der Waals surface area contributed by atoms with E-state index >= 15 is 0 Å². The summed E-state index contributed by atoms with van der Waals surface area (Å²) in [5.74, 6) is 16.0. The molecule has 6 saturated carbocycles. The van der Waals surface area contributed by atoms with Crippen LogP contribution in [0.3, 0.4) is 0 Å². The molecule has 630 valence electrons. The first-order chi connectivity index (χ1) is 48.4. The summed E-state index contributed by atoms with van der Waals surface area (Å²) < 4.78 is 38.8. The van der Waals surface area contributed by atoms with E-state index in [-0.39, 0.29) is 113 Å². The van der Waals surface area contributed by atoms with Crippen molar-refractivity contribution in [2.24, 2.45) is 118 Å². The molecule has 6 rings (SSSR count). The molecule has 18 atom stereocenters. The second-order valence-electron chi connectivity index (χ2n) is 44.0. The van der Waals surface area contributed by atoms with E-state index in [1.165, 1.54) is 186 Å². The Kier molecular flexibility index (Phi) is 71.4. The fraction of sp³-hybridized carbons (Fsp3) is 1.00. The Labute approximate surface area is 779 Å². The predicted molar refractivity (Wildman–Crippen MR) is 486 cm³/mol. The molecule has 0 heterocycles. The molecule has 0 radical (unpaired) electrons. The minimum atomic E-state index is -1.53. The van der Waals surface area contributed by atoms with Crippen LogP contribution in [0.4, 0.5) is 0 Å². The van der Waals surface area contributed by atoms with Gasteiger partial charge in [0.15, 0.2) is 49.9 Å². The first-order valence-electron chi connectivity index (χ1n) is 46.5. The standard InChI is InChI=1S/C20H42OSi.C17H36OSi.2C16H34OSi.2C12H26OSi.6Li/c1-12(2)16-17(13(3)4)19(15(7)8)20(18(16)14(5)6)21-22(9,10)11;1-11(2)14-10-15(12(3)4)17(16(14)13(5)6)18-19(7,8)9;1-6-8-10-14-12-15(11-9-7-2)16(13-14)17-18(3,4)5;1-6-8-10-14-12-13-16(17-18(3,4)5)15(14)11-9-7-2;1-5-6-8-11-9-7-10-12(11)13-14(2,3)4;1-5-6-7-11-8-9-12(10-11)13-14(2,3)4;;;;;;/h12-20H,1-11H3;11-17H,10H2,1-9H3;2*14-16H,6-13H2,1-5H3;2*11-12H,5-10H2,1-4H3;;;;;;/q;;;;;;6*+1. The van der Waals surface area contributed by atoms with Gasteiger partial charge in [0, 0.05) is 24.4 Å². The van der Waals surface area contributed by atoms with E-state index in [2.05, 4.69) is 256 Å². The van der Waals surface area contributed by atoms with Crippen LogP contribution in [0.15, 0.2) is 0 Å². The first-order valence-corrected chi connectivity index (χ1v) is 66.9. The molecule has 0 aromatic heterocycles. The fourth-order valence-corrected chi connectivity index (χ4v) is 27.7. The third-order valence-electron chi connectivity index (χ3n) is 24.8. The van der Waals surface area contributed by atoms with E-state index in [9.17, 15) is 0 Å². The Balaban J connectivity index is -0.000000296. The van der Waals surface area contributed by atoms with Gasteiger partial charge in [-0.3, -0.25) is 0 Å². The minimum Gasteiger partial charge on any atom is -0.415 e. The molecule has 18 unspecified atom stereocenters. The van der Waals surface area contributed by atoms with Crippen LogP contribution < -0.4 is 113 Å². The van der Waals surface area contributed by atoms with Gasteiger partial charge in [0.1, 0.15) is 0 Å². The van der Waals surface area contributed by atoms with Crippen LogP contribution in [0.1, 0.15) is 325 Å². The van der Waals surface area contributed by atoms with Crippen LogP contribution in [0.2, 0.25) is 118 Å². The smallest absolute Gasteiger partial charge is 0.415 e. The molecule has 18 heteroatoms. The molecule has 111 heavy (non-hydrogen) atoms. The van der Waals surface area contributed by atoms with Crippen LogP contribution in [-0.4, -0.2) is 86.5 Å². The summed E-state index contributed by atoms with van der Waals surface area (Å²) in [6.45, 7) is 89.5. The van der Waals surface area contributed by atoms with Gasteiger partial charge in [-0.25, -0.2) is 0 Å². The number of hydrogen-bond acceptors (Lipinski definition) is 6. The van der Waals surface area contributed by atoms with Crippen LogP contribution in [0.5, 0.6) is 0 Å². The molecule has 0 saturated heterocycles. The van der Waals surface area contributed by atoms with Crippen LogP contribution in [-0.2, 0) is 26.6 Å². The molecule has 6 aliphatic rings. The van der Waals surface area contributed by atoms with Gasteiger partial charge in [-0.1, -0.05) is 241 Å². The summed E-state index contributed by atoms with van der Waals surface area (Å²) in [7, 11) is -8.30. The molecule has 0 N–H and O–H groups in total. The van der Waals surface area contributed by atoms with Gasteiger partial charge in [0.05, 0.1) is 12.2 Å². The minimum absolute atomic E-state index is 0. The first kappa shape index (κ1) is 126. The zero-order chi connectivity index (χ0) is 80.8.